The second-order valence-electron chi connectivity index (χ2n) is 11.0. The molecule has 3 atom stereocenters. The van der Waals surface area contributed by atoms with Crippen molar-refractivity contribution in [2.75, 3.05) is 26.7 Å². The molecular formula is C28H35ClF2N4O2. The highest BCUT2D eigenvalue weighted by molar-refractivity contribution is 6.30. The number of likely N-dealkylation sites (tertiary alicyclic amines) is 2. The van der Waals surface area contributed by atoms with Crippen molar-refractivity contribution in [1.82, 2.24) is 19.7 Å². The lowest BCUT2D eigenvalue weighted by Crippen LogP contribution is -2.57. The molecule has 1 N–H and O–H groups in total. The smallest absolute Gasteiger partial charge is 0.320 e. The van der Waals surface area contributed by atoms with E-state index in [9.17, 15) is 18.4 Å². The van der Waals surface area contributed by atoms with Gasteiger partial charge in [-0.05, 0) is 74.8 Å². The summed E-state index contributed by atoms with van der Waals surface area (Å²) in [6.45, 7) is 2.31. The first kappa shape index (κ1) is 26.2. The van der Waals surface area contributed by atoms with E-state index in [0.29, 0.717) is 37.6 Å². The molecule has 1 aromatic heterocycles. The highest BCUT2D eigenvalue weighted by Gasteiger charge is 2.47. The summed E-state index contributed by atoms with van der Waals surface area (Å²) in [6, 6.07) is 6.17. The zero-order chi connectivity index (χ0) is 26.2. The van der Waals surface area contributed by atoms with Crippen molar-refractivity contribution in [3.05, 3.63) is 69.1 Å². The average molecular weight is 533 g/mol. The van der Waals surface area contributed by atoms with Gasteiger partial charge in [-0.1, -0.05) is 24.4 Å². The zero-order valence-corrected chi connectivity index (χ0v) is 22.0. The Labute approximate surface area is 221 Å². The number of rotatable bonds is 4. The maximum Gasteiger partial charge on any atom is 0.320 e. The van der Waals surface area contributed by atoms with Crippen molar-refractivity contribution in [1.29, 1.82) is 0 Å². The summed E-state index contributed by atoms with van der Waals surface area (Å²) in [6.07, 6.45) is 8.11. The number of hydrogen-bond donors (Lipinski definition) is 1. The van der Waals surface area contributed by atoms with E-state index < -0.39 is 17.7 Å². The number of amides is 2. The van der Waals surface area contributed by atoms with Crippen molar-refractivity contribution < 1.29 is 13.6 Å². The number of urea groups is 1. The molecule has 1 aromatic carbocycles. The minimum absolute atomic E-state index is 0.0457. The number of benzene rings is 1. The monoisotopic (exact) mass is 532 g/mol. The summed E-state index contributed by atoms with van der Waals surface area (Å²) >= 11 is 5.99. The number of hydrogen-bond acceptors (Lipinski definition) is 3. The number of nitrogens with one attached hydrogen (secondary N) is 1. The summed E-state index contributed by atoms with van der Waals surface area (Å²) in [5, 5.41) is 3.68. The molecule has 0 radical (unpaired) electrons. The molecule has 0 unspecified atom stereocenters. The Balaban J connectivity index is 1.38. The summed E-state index contributed by atoms with van der Waals surface area (Å²) in [4.78, 5) is 30.2. The lowest BCUT2D eigenvalue weighted by atomic mass is 9.69. The van der Waals surface area contributed by atoms with Gasteiger partial charge in [0.05, 0.1) is 6.04 Å². The number of aromatic nitrogens is 1. The van der Waals surface area contributed by atoms with Crippen LogP contribution in [0.1, 0.15) is 56.6 Å². The first-order valence-electron chi connectivity index (χ1n) is 13.3. The second-order valence-corrected chi connectivity index (χ2v) is 11.4. The first-order chi connectivity index (χ1) is 17.8. The Kier molecular flexibility index (Phi) is 7.59. The number of carbonyl (C=O) groups is 1. The predicted molar refractivity (Wildman–Crippen MR) is 140 cm³/mol. The number of pyridine rings is 1. The van der Waals surface area contributed by atoms with Gasteiger partial charge in [-0.2, -0.15) is 0 Å². The largest absolute Gasteiger partial charge is 0.324 e. The fourth-order valence-corrected chi connectivity index (χ4v) is 7.02. The topological polar surface area (TPSA) is 57.6 Å². The lowest BCUT2D eigenvalue weighted by molar-refractivity contribution is 0.0206. The molecular weight excluding hydrogens is 498 g/mol. The van der Waals surface area contributed by atoms with Gasteiger partial charge in [0.2, 0.25) is 0 Å². The van der Waals surface area contributed by atoms with E-state index in [-0.39, 0.29) is 34.5 Å². The summed E-state index contributed by atoms with van der Waals surface area (Å²) in [7, 11) is 1.86. The van der Waals surface area contributed by atoms with Gasteiger partial charge in [-0.3, -0.25) is 4.79 Å². The molecule has 6 nitrogen and oxygen atoms in total. The van der Waals surface area contributed by atoms with Gasteiger partial charge in [-0.25, -0.2) is 13.6 Å². The van der Waals surface area contributed by atoms with Crippen LogP contribution in [-0.2, 0) is 6.54 Å². The van der Waals surface area contributed by atoms with Crippen LogP contribution in [0.3, 0.4) is 0 Å². The Hall–Kier alpha value is -2.45. The minimum atomic E-state index is -0.528. The zero-order valence-electron chi connectivity index (χ0n) is 21.3. The standard InChI is InChI=1S/C28H35ClF2N4O2/c1-32-22-8-13-35(25(16-22)23-15-21(30)4-5-24(23)31)27(37)34-11-6-19(28(18-34)9-2-3-10-28)17-33-12-7-20(29)14-26(33)36/h4-5,7,12,14-15,19,22,25,32H,2-3,6,8-11,13,16-18H2,1H3/t19-,22+,25-/m0/s1. The minimum Gasteiger partial charge on any atom is -0.324 e. The van der Waals surface area contributed by atoms with Crippen molar-refractivity contribution in [2.24, 2.45) is 11.3 Å². The van der Waals surface area contributed by atoms with Crippen molar-refractivity contribution >= 4 is 17.6 Å². The number of nitrogens with zero attached hydrogens (tertiary/aromatic N) is 3. The van der Waals surface area contributed by atoms with E-state index in [1.54, 1.807) is 21.7 Å². The molecule has 200 valence electrons. The molecule has 1 saturated carbocycles. The maximum absolute atomic E-state index is 14.8. The quantitative estimate of drug-likeness (QED) is 0.588. The number of piperidine rings is 2. The van der Waals surface area contributed by atoms with Crippen LogP contribution in [0.4, 0.5) is 13.6 Å². The van der Waals surface area contributed by atoms with Crippen molar-refractivity contribution in [2.45, 2.75) is 63.6 Å². The molecule has 1 spiro atoms. The van der Waals surface area contributed by atoms with Gasteiger partial charge in [0.1, 0.15) is 11.6 Å². The van der Waals surface area contributed by atoms with Crippen LogP contribution < -0.4 is 10.9 Å². The van der Waals surface area contributed by atoms with Gasteiger partial charge < -0.3 is 19.7 Å². The third-order valence-corrected chi connectivity index (χ3v) is 9.17. The maximum atomic E-state index is 14.8. The van der Waals surface area contributed by atoms with Crippen LogP contribution >= 0.6 is 11.6 Å². The SMILES string of the molecule is CN[C@@H]1CCN(C(=O)N2CC[C@@H](Cn3ccc(Cl)cc3=O)C3(CCCC3)C2)[C@H](c2cc(F)ccc2F)C1. The van der Waals surface area contributed by atoms with Crippen LogP contribution in [0.5, 0.6) is 0 Å². The fourth-order valence-electron chi connectivity index (χ4n) is 6.87. The Morgan fingerprint density at radius 2 is 1.92 bits per heavy atom. The molecule has 1 aliphatic carbocycles. The number of carbonyl (C=O) groups excluding carboxylic acids is 1. The summed E-state index contributed by atoms with van der Waals surface area (Å²) < 4.78 is 30.7. The van der Waals surface area contributed by atoms with Crippen LogP contribution in [0.2, 0.25) is 5.02 Å². The molecule has 2 amide bonds. The van der Waals surface area contributed by atoms with Gasteiger partial charge >= 0.3 is 6.03 Å². The highest BCUT2D eigenvalue weighted by atomic mass is 35.5. The van der Waals surface area contributed by atoms with Crippen LogP contribution in [0, 0.1) is 23.0 Å². The molecule has 0 bridgehead atoms. The molecule has 2 aliphatic heterocycles. The van der Waals surface area contributed by atoms with Gasteiger partial charge in [0.25, 0.3) is 5.56 Å². The van der Waals surface area contributed by atoms with E-state index in [1.807, 2.05) is 11.9 Å². The van der Waals surface area contributed by atoms with E-state index in [1.165, 1.54) is 12.1 Å². The third-order valence-electron chi connectivity index (χ3n) is 8.94. The van der Waals surface area contributed by atoms with Crippen LogP contribution in [0.25, 0.3) is 0 Å². The van der Waals surface area contributed by atoms with Gasteiger partial charge in [-0.15, -0.1) is 0 Å². The fraction of sp³-hybridized carbons (Fsp3) is 0.571. The van der Waals surface area contributed by atoms with E-state index in [0.717, 1.165) is 50.7 Å². The molecule has 3 aliphatic rings. The van der Waals surface area contributed by atoms with Gasteiger partial charge in [0, 0.05) is 55.1 Å². The highest BCUT2D eigenvalue weighted by Crippen LogP contribution is 2.49. The van der Waals surface area contributed by atoms with Crippen molar-refractivity contribution in [3.63, 3.8) is 0 Å². The Morgan fingerprint density at radius 1 is 1.14 bits per heavy atom. The number of halogens is 3. The molecule has 9 heteroatoms. The lowest BCUT2D eigenvalue weighted by Gasteiger charge is -2.49. The molecule has 2 saturated heterocycles. The Morgan fingerprint density at radius 3 is 2.65 bits per heavy atom. The molecule has 2 aromatic rings. The normalized spacial score (nSPS) is 25.6. The van der Waals surface area contributed by atoms with Crippen LogP contribution in [0.15, 0.2) is 41.3 Å². The first-order valence-corrected chi connectivity index (χ1v) is 13.7. The molecule has 37 heavy (non-hydrogen) atoms. The molecule has 5 rings (SSSR count). The van der Waals surface area contributed by atoms with Crippen LogP contribution in [-0.4, -0.2) is 53.1 Å². The summed E-state index contributed by atoms with van der Waals surface area (Å²) in [5.74, 6) is -0.705. The summed E-state index contributed by atoms with van der Waals surface area (Å²) in [5.41, 5.74) is 0.0861. The third kappa shape index (κ3) is 5.28. The van der Waals surface area contributed by atoms with E-state index in [4.69, 9.17) is 11.6 Å². The Bertz CT molecular complexity index is 1200. The van der Waals surface area contributed by atoms with Crippen molar-refractivity contribution in [3.8, 4) is 0 Å². The van der Waals surface area contributed by atoms with E-state index >= 15 is 0 Å². The van der Waals surface area contributed by atoms with E-state index in [2.05, 4.69) is 5.32 Å². The molecule has 3 heterocycles. The average Bonchev–Trinajstić information content (AvgIpc) is 3.36. The molecule has 3 fully saturated rings. The predicted octanol–water partition coefficient (Wildman–Crippen LogP) is 5.21. The second kappa shape index (κ2) is 10.7. The van der Waals surface area contributed by atoms with Gasteiger partial charge in [0.15, 0.2) is 0 Å².